The highest BCUT2D eigenvalue weighted by atomic mass is 79.9. The second-order valence-electron chi connectivity index (χ2n) is 2.72. The zero-order chi connectivity index (χ0) is 8.36. The highest BCUT2D eigenvalue weighted by Crippen LogP contribution is 2.26. The molecule has 0 aromatic heterocycles. The maximum Gasteiger partial charge on any atom is 0.313 e. The van der Waals surface area contributed by atoms with E-state index >= 15 is 0 Å². The summed E-state index contributed by atoms with van der Waals surface area (Å²) in [4.78, 5) is 12.2. The van der Waals surface area contributed by atoms with Gasteiger partial charge in [0.15, 0.2) is 0 Å². The smallest absolute Gasteiger partial charge is 0.313 e. The maximum absolute atomic E-state index is 10.6. The van der Waals surface area contributed by atoms with Crippen LogP contribution < -0.4 is 0 Å². The van der Waals surface area contributed by atoms with Crippen molar-refractivity contribution in [1.29, 1.82) is 0 Å². The summed E-state index contributed by atoms with van der Waals surface area (Å²) >= 11 is 3.09. The molecule has 0 saturated heterocycles. The van der Waals surface area contributed by atoms with Gasteiger partial charge in [-0.1, -0.05) is 15.9 Å². The summed E-state index contributed by atoms with van der Waals surface area (Å²) in [7, 11) is 0. The van der Waals surface area contributed by atoms with E-state index in [9.17, 15) is 4.79 Å². The normalized spacial score (nSPS) is 13.4. The van der Waals surface area contributed by atoms with Crippen LogP contribution in [0.4, 0.5) is 0 Å². The number of halogens is 1. The van der Waals surface area contributed by atoms with Crippen molar-refractivity contribution in [3.8, 4) is 0 Å². The van der Waals surface area contributed by atoms with Crippen LogP contribution >= 0.6 is 15.9 Å². The monoisotopic (exact) mass is 206 g/mol. The Hall–Kier alpha value is -0.310. The molecule has 0 amide bonds. The Balaban J connectivity index is 4.56. The molecule has 0 aliphatic carbocycles. The van der Waals surface area contributed by atoms with E-state index in [0.717, 1.165) is 5.57 Å². The fourth-order valence-corrected chi connectivity index (χ4v) is 0.877. The number of aliphatic carboxylic acids is 1. The van der Waals surface area contributed by atoms with Gasteiger partial charge in [0.05, 0.1) is 5.41 Å². The van der Waals surface area contributed by atoms with Gasteiger partial charge in [-0.15, -0.1) is 0 Å². The molecule has 0 rings (SSSR count). The molecule has 0 aliphatic heterocycles. The van der Waals surface area contributed by atoms with Gasteiger partial charge in [0.25, 0.3) is 0 Å². The van der Waals surface area contributed by atoms with Crippen LogP contribution in [-0.2, 0) is 4.79 Å². The third kappa shape index (κ3) is 1.84. The number of carbonyl (C=O) groups is 1. The quantitative estimate of drug-likeness (QED) is 0.754. The van der Waals surface area contributed by atoms with Crippen molar-refractivity contribution in [3.63, 3.8) is 0 Å². The summed E-state index contributed by atoms with van der Waals surface area (Å²) < 4.78 is 0. The van der Waals surface area contributed by atoms with Crippen LogP contribution in [-0.4, -0.2) is 11.1 Å². The molecule has 2 nitrogen and oxygen atoms in total. The van der Waals surface area contributed by atoms with Gasteiger partial charge >= 0.3 is 5.97 Å². The molecule has 3 heteroatoms. The van der Waals surface area contributed by atoms with Crippen molar-refractivity contribution in [2.75, 3.05) is 0 Å². The third-order valence-electron chi connectivity index (χ3n) is 1.68. The van der Waals surface area contributed by atoms with E-state index < -0.39 is 11.4 Å². The van der Waals surface area contributed by atoms with Crippen molar-refractivity contribution in [2.24, 2.45) is 5.41 Å². The van der Waals surface area contributed by atoms with E-state index in [0.29, 0.717) is 0 Å². The second kappa shape index (κ2) is 3.19. The number of rotatable bonds is 2. The fourth-order valence-electron chi connectivity index (χ4n) is 0.305. The Bertz CT molecular complexity index is 170. The molecular formula is C7H11BrO2. The highest BCUT2D eigenvalue weighted by molar-refractivity contribution is 9.11. The van der Waals surface area contributed by atoms with E-state index in [-0.39, 0.29) is 0 Å². The summed E-state index contributed by atoms with van der Waals surface area (Å²) in [6, 6.07) is 0. The van der Waals surface area contributed by atoms with Gasteiger partial charge in [-0.05, 0) is 31.3 Å². The molecule has 10 heavy (non-hydrogen) atoms. The fraction of sp³-hybridized carbons (Fsp3) is 0.571. The first-order chi connectivity index (χ1) is 4.42. The minimum Gasteiger partial charge on any atom is -0.481 e. The van der Waals surface area contributed by atoms with Gasteiger partial charge in [-0.3, -0.25) is 4.79 Å². The molecule has 0 fully saturated rings. The lowest BCUT2D eigenvalue weighted by Gasteiger charge is -2.18. The van der Waals surface area contributed by atoms with Crippen molar-refractivity contribution in [2.45, 2.75) is 20.8 Å². The highest BCUT2D eigenvalue weighted by Gasteiger charge is 2.28. The summed E-state index contributed by atoms with van der Waals surface area (Å²) in [6.07, 6.45) is 0. The molecule has 0 aromatic carbocycles. The SMILES string of the molecule is C/C(=C\Br)C(C)(C)C(=O)O. The van der Waals surface area contributed by atoms with E-state index in [1.165, 1.54) is 0 Å². The Morgan fingerprint density at radius 3 is 2.10 bits per heavy atom. The Kier molecular flexibility index (Phi) is 3.09. The first-order valence-electron chi connectivity index (χ1n) is 2.93. The number of hydrogen-bond acceptors (Lipinski definition) is 1. The Morgan fingerprint density at radius 2 is 2.00 bits per heavy atom. The number of hydrogen-bond donors (Lipinski definition) is 1. The molecule has 0 heterocycles. The zero-order valence-electron chi connectivity index (χ0n) is 6.31. The topological polar surface area (TPSA) is 37.3 Å². The van der Waals surface area contributed by atoms with E-state index in [2.05, 4.69) is 15.9 Å². The molecule has 0 aromatic rings. The van der Waals surface area contributed by atoms with E-state index in [1.54, 1.807) is 25.8 Å². The third-order valence-corrected chi connectivity index (χ3v) is 2.37. The molecular weight excluding hydrogens is 196 g/mol. The Labute approximate surface area is 69.1 Å². The number of carboxylic acid groups (broad SMARTS) is 1. The molecule has 58 valence electrons. The Morgan fingerprint density at radius 1 is 1.60 bits per heavy atom. The molecule has 0 radical (unpaired) electrons. The van der Waals surface area contributed by atoms with Crippen molar-refractivity contribution >= 4 is 21.9 Å². The molecule has 0 unspecified atom stereocenters. The van der Waals surface area contributed by atoms with E-state index in [1.807, 2.05) is 0 Å². The average molecular weight is 207 g/mol. The van der Waals surface area contributed by atoms with Crippen LogP contribution in [0.15, 0.2) is 10.6 Å². The molecule has 0 aliphatic rings. The van der Waals surface area contributed by atoms with Gasteiger partial charge in [0, 0.05) is 0 Å². The molecule has 0 bridgehead atoms. The summed E-state index contributed by atoms with van der Waals surface area (Å²) in [5.74, 6) is -0.805. The van der Waals surface area contributed by atoms with Crippen molar-refractivity contribution in [1.82, 2.24) is 0 Å². The summed E-state index contributed by atoms with van der Waals surface area (Å²) in [6.45, 7) is 5.12. The van der Waals surface area contributed by atoms with Gasteiger partial charge < -0.3 is 5.11 Å². The zero-order valence-corrected chi connectivity index (χ0v) is 7.90. The van der Waals surface area contributed by atoms with Gasteiger partial charge in [0.2, 0.25) is 0 Å². The van der Waals surface area contributed by atoms with Crippen LogP contribution in [0.3, 0.4) is 0 Å². The minimum absolute atomic E-state index is 0.760. The van der Waals surface area contributed by atoms with E-state index in [4.69, 9.17) is 5.11 Å². The first-order valence-corrected chi connectivity index (χ1v) is 3.85. The maximum atomic E-state index is 10.6. The minimum atomic E-state index is -0.805. The molecule has 1 N–H and O–H groups in total. The standard InChI is InChI=1S/C7H11BrO2/c1-5(4-8)7(2,3)6(9)10/h4H,1-3H3,(H,9,10)/b5-4+. The van der Waals surface area contributed by atoms with Crippen LogP contribution in [0.25, 0.3) is 0 Å². The summed E-state index contributed by atoms with van der Waals surface area (Å²) in [5.41, 5.74) is 0.0451. The van der Waals surface area contributed by atoms with Crippen LogP contribution in [0.2, 0.25) is 0 Å². The predicted octanol–water partition coefficient (Wildman–Crippen LogP) is 2.40. The lowest BCUT2D eigenvalue weighted by atomic mass is 9.86. The predicted molar refractivity (Wildman–Crippen MR) is 44.1 cm³/mol. The largest absolute Gasteiger partial charge is 0.481 e. The lowest BCUT2D eigenvalue weighted by molar-refractivity contribution is -0.144. The molecule has 0 atom stereocenters. The van der Waals surface area contributed by atoms with Gasteiger partial charge in [-0.25, -0.2) is 0 Å². The molecule has 0 spiro atoms. The number of carboxylic acids is 1. The van der Waals surface area contributed by atoms with Crippen LogP contribution in [0.1, 0.15) is 20.8 Å². The second-order valence-corrected chi connectivity index (χ2v) is 3.18. The van der Waals surface area contributed by atoms with Gasteiger partial charge in [0.1, 0.15) is 0 Å². The van der Waals surface area contributed by atoms with Crippen molar-refractivity contribution in [3.05, 3.63) is 10.6 Å². The van der Waals surface area contributed by atoms with Crippen LogP contribution in [0, 0.1) is 5.41 Å². The van der Waals surface area contributed by atoms with Crippen molar-refractivity contribution < 1.29 is 9.90 Å². The van der Waals surface area contributed by atoms with Crippen LogP contribution in [0.5, 0.6) is 0 Å². The molecule has 0 saturated carbocycles. The first kappa shape index (κ1) is 9.69. The lowest BCUT2D eigenvalue weighted by Crippen LogP contribution is -2.24. The average Bonchev–Trinajstić information content (AvgIpc) is 1.86. The summed E-state index contributed by atoms with van der Waals surface area (Å²) in [5, 5.41) is 8.68. The van der Waals surface area contributed by atoms with Gasteiger partial charge in [-0.2, -0.15) is 0 Å².